The first-order valence-electron chi connectivity index (χ1n) is 6.46. The minimum Gasteiger partial charge on any atom is -0.497 e. The first-order chi connectivity index (χ1) is 10.6. The second-order valence-corrected chi connectivity index (χ2v) is 4.37. The van der Waals surface area contributed by atoms with Gasteiger partial charge in [0.2, 0.25) is 5.91 Å². The van der Waals surface area contributed by atoms with Crippen molar-refractivity contribution in [1.82, 2.24) is 0 Å². The molecule has 0 aliphatic carbocycles. The maximum atomic E-state index is 11.8. The highest BCUT2D eigenvalue weighted by atomic mass is 16.6. The molecule has 0 spiro atoms. The van der Waals surface area contributed by atoms with E-state index in [1.165, 1.54) is 31.4 Å². The molecule has 0 saturated carbocycles. The number of anilines is 1. The van der Waals surface area contributed by atoms with E-state index in [2.05, 4.69) is 5.32 Å². The van der Waals surface area contributed by atoms with Crippen molar-refractivity contribution < 1.29 is 14.5 Å². The van der Waals surface area contributed by atoms with Gasteiger partial charge < -0.3 is 10.1 Å². The van der Waals surface area contributed by atoms with E-state index in [4.69, 9.17) is 4.74 Å². The molecule has 0 heterocycles. The number of benzene rings is 2. The van der Waals surface area contributed by atoms with Crippen molar-refractivity contribution in [3.05, 3.63) is 70.3 Å². The summed E-state index contributed by atoms with van der Waals surface area (Å²) in [4.78, 5) is 22.3. The van der Waals surface area contributed by atoms with E-state index >= 15 is 0 Å². The summed E-state index contributed by atoms with van der Waals surface area (Å²) in [6, 6.07) is 13.4. The lowest BCUT2D eigenvalue weighted by Crippen LogP contribution is -2.07. The topological polar surface area (TPSA) is 81.5 Å². The van der Waals surface area contributed by atoms with Gasteiger partial charge in [0, 0.05) is 11.8 Å². The van der Waals surface area contributed by atoms with Crippen molar-refractivity contribution in [3.8, 4) is 5.75 Å². The number of para-hydroxylation sites is 1. The summed E-state index contributed by atoms with van der Waals surface area (Å²) in [6.45, 7) is 0. The Morgan fingerprint density at radius 1 is 1.23 bits per heavy atom. The van der Waals surface area contributed by atoms with Crippen LogP contribution in [0.25, 0.3) is 6.08 Å². The largest absolute Gasteiger partial charge is 0.497 e. The maximum Gasteiger partial charge on any atom is 0.280 e. The quantitative estimate of drug-likeness (QED) is 0.522. The van der Waals surface area contributed by atoms with Gasteiger partial charge in [-0.2, -0.15) is 0 Å². The standard InChI is InChI=1S/C16H14N2O4/c1-22-14-9-7-12(15(11-14)18(20)21)8-10-16(19)17-13-5-3-2-4-6-13/h2-11H,1H3,(H,17,19)/b10-8+. The number of ether oxygens (including phenoxy) is 1. The molecule has 0 radical (unpaired) electrons. The minimum absolute atomic E-state index is 0.122. The van der Waals surface area contributed by atoms with Crippen LogP contribution in [0.3, 0.4) is 0 Å². The fraction of sp³-hybridized carbons (Fsp3) is 0.0625. The van der Waals surface area contributed by atoms with Crippen LogP contribution in [0.1, 0.15) is 5.56 Å². The Hall–Kier alpha value is -3.15. The average Bonchev–Trinajstić information content (AvgIpc) is 2.53. The highest BCUT2D eigenvalue weighted by molar-refractivity contribution is 6.02. The van der Waals surface area contributed by atoms with Crippen LogP contribution >= 0.6 is 0 Å². The van der Waals surface area contributed by atoms with E-state index in [1.54, 1.807) is 30.3 Å². The van der Waals surface area contributed by atoms with Gasteiger partial charge in [-0.1, -0.05) is 18.2 Å². The third-order valence-electron chi connectivity index (χ3n) is 2.89. The molecule has 1 N–H and O–H groups in total. The van der Waals surface area contributed by atoms with E-state index < -0.39 is 4.92 Å². The van der Waals surface area contributed by atoms with Gasteiger partial charge >= 0.3 is 0 Å². The monoisotopic (exact) mass is 298 g/mol. The number of hydrogen-bond donors (Lipinski definition) is 1. The van der Waals surface area contributed by atoms with Gasteiger partial charge in [-0.15, -0.1) is 0 Å². The highest BCUT2D eigenvalue weighted by Crippen LogP contribution is 2.25. The molecule has 0 bridgehead atoms. The zero-order valence-corrected chi connectivity index (χ0v) is 11.9. The molecular weight excluding hydrogens is 284 g/mol. The zero-order chi connectivity index (χ0) is 15.9. The van der Waals surface area contributed by atoms with Gasteiger partial charge in [0.15, 0.2) is 0 Å². The summed E-state index contributed by atoms with van der Waals surface area (Å²) in [7, 11) is 1.43. The molecule has 0 unspecified atom stereocenters. The maximum absolute atomic E-state index is 11.8. The molecule has 6 nitrogen and oxygen atoms in total. The van der Waals surface area contributed by atoms with Crippen LogP contribution in [0.5, 0.6) is 5.75 Å². The zero-order valence-electron chi connectivity index (χ0n) is 11.9. The molecule has 1 amide bonds. The summed E-state index contributed by atoms with van der Waals surface area (Å²) in [5.74, 6) is 0.0221. The molecule has 6 heteroatoms. The van der Waals surface area contributed by atoms with Crippen molar-refractivity contribution in [2.75, 3.05) is 12.4 Å². The van der Waals surface area contributed by atoms with Crippen LogP contribution in [0, 0.1) is 10.1 Å². The third-order valence-corrected chi connectivity index (χ3v) is 2.89. The fourth-order valence-corrected chi connectivity index (χ4v) is 1.82. The Kier molecular flexibility index (Phi) is 4.87. The minimum atomic E-state index is -0.517. The Labute approximate surface area is 127 Å². The molecule has 0 aliphatic heterocycles. The van der Waals surface area contributed by atoms with Crippen LogP contribution in [-0.2, 0) is 4.79 Å². The average molecular weight is 298 g/mol. The molecule has 0 fully saturated rings. The number of methoxy groups -OCH3 is 1. The summed E-state index contributed by atoms with van der Waals surface area (Å²) in [6.07, 6.45) is 2.65. The molecule has 2 aromatic carbocycles. The molecule has 0 saturated heterocycles. The van der Waals surface area contributed by atoms with Crippen molar-refractivity contribution in [1.29, 1.82) is 0 Å². The van der Waals surface area contributed by atoms with Crippen molar-refractivity contribution in [3.63, 3.8) is 0 Å². The van der Waals surface area contributed by atoms with E-state index in [0.717, 1.165) is 0 Å². The molecule has 0 aliphatic rings. The SMILES string of the molecule is COc1ccc(/C=C/C(=O)Nc2ccccc2)c([N+](=O)[O-])c1. The predicted octanol–water partition coefficient (Wildman–Crippen LogP) is 3.26. The lowest BCUT2D eigenvalue weighted by molar-refractivity contribution is -0.385. The molecular formula is C16H14N2O4. The van der Waals surface area contributed by atoms with Crippen LogP contribution in [-0.4, -0.2) is 17.9 Å². The number of nitro benzene ring substituents is 1. The number of carbonyl (C=O) groups is 1. The normalized spacial score (nSPS) is 10.4. The van der Waals surface area contributed by atoms with Gasteiger partial charge in [-0.25, -0.2) is 0 Å². The van der Waals surface area contributed by atoms with Crippen molar-refractivity contribution >= 4 is 23.4 Å². The van der Waals surface area contributed by atoms with Crippen LogP contribution in [0.4, 0.5) is 11.4 Å². The highest BCUT2D eigenvalue weighted by Gasteiger charge is 2.13. The molecule has 0 atom stereocenters. The van der Waals surface area contributed by atoms with Gasteiger partial charge in [0.05, 0.1) is 23.7 Å². The van der Waals surface area contributed by atoms with Crippen LogP contribution < -0.4 is 10.1 Å². The van der Waals surface area contributed by atoms with Gasteiger partial charge in [0.1, 0.15) is 5.75 Å². The number of nitrogens with one attached hydrogen (secondary N) is 1. The number of hydrogen-bond acceptors (Lipinski definition) is 4. The predicted molar refractivity (Wildman–Crippen MR) is 83.8 cm³/mol. The first kappa shape index (κ1) is 15.2. The number of amides is 1. The molecule has 2 aromatic rings. The summed E-state index contributed by atoms with van der Waals surface area (Å²) in [5.41, 5.74) is 0.860. The van der Waals surface area contributed by atoms with Gasteiger partial charge in [0.25, 0.3) is 5.69 Å². The summed E-state index contributed by atoms with van der Waals surface area (Å²) < 4.78 is 4.96. The molecule has 112 valence electrons. The van der Waals surface area contributed by atoms with E-state index in [-0.39, 0.29) is 11.6 Å². The van der Waals surface area contributed by atoms with Crippen LogP contribution in [0.2, 0.25) is 0 Å². The second kappa shape index (κ2) is 7.03. The van der Waals surface area contributed by atoms with E-state index in [1.807, 2.05) is 6.07 Å². The van der Waals surface area contributed by atoms with E-state index in [0.29, 0.717) is 17.0 Å². The van der Waals surface area contributed by atoms with Crippen molar-refractivity contribution in [2.45, 2.75) is 0 Å². The Balaban J connectivity index is 2.15. The summed E-state index contributed by atoms with van der Waals surface area (Å²) in [5, 5.41) is 13.7. The number of carbonyl (C=O) groups excluding carboxylic acids is 1. The molecule has 2 rings (SSSR count). The number of nitrogens with zero attached hydrogens (tertiary/aromatic N) is 1. The number of nitro groups is 1. The lowest BCUT2D eigenvalue weighted by Gasteiger charge is -2.03. The fourth-order valence-electron chi connectivity index (χ4n) is 1.82. The first-order valence-corrected chi connectivity index (χ1v) is 6.46. The molecule has 0 aromatic heterocycles. The Morgan fingerprint density at radius 2 is 1.95 bits per heavy atom. The third kappa shape index (κ3) is 3.92. The Bertz CT molecular complexity index is 711. The van der Waals surface area contributed by atoms with Crippen molar-refractivity contribution in [2.24, 2.45) is 0 Å². The van der Waals surface area contributed by atoms with Crippen LogP contribution in [0.15, 0.2) is 54.6 Å². The lowest BCUT2D eigenvalue weighted by atomic mass is 10.1. The van der Waals surface area contributed by atoms with Gasteiger partial charge in [-0.3, -0.25) is 14.9 Å². The second-order valence-electron chi connectivity index (χ2n) is 4.37. The van der Waals surface area contributed by atoms with Gasteiger partial charge in [-0.05, 0) is 30.3 Å². The molecule has 22 heavy (non-hydrogen) atoms. The smallest absolute Gasteiger partial charge is 0.280 e. The Morgan fingerprint density at radius 3 is 2.59 bits per heavy atom. The number of rotatable bonds is 5. The van der Waals surface area contributed by atoms with E-state index in [9.17, 15) is 14.9 Å². The summed E-state index contributed by atoms with van der Waals surface area (Å²) >= 11 is 0.